The number of benzene rings is 1. The molecule has 3 rings (SSSR count). The highest BCUT2D eigenvalue weighted by Gasteiger charge is 2.17. The molecule has 0 atom stereocenters. The van der Waals surface area contributed by atoms with E-state index < -0.39 is 0 Å². The van der Waals surface area contributed by atoms with Crippen LogP contribution >= 0.6 is 27.5 Å². The zero-order valence-electron chi connectivity index (χ0n) is 9.60. The Morgan fingerprint density at radius 1 is 1.42 bits per heavy atom. The van der Waals surface area contributed by atoms with Gasteiger partial charge in [-0.2, -0.15) is 0 Å². The van der Waals surface area contributed by atoms with Gasteiger partial charge in [-0.15, -0.1) is 0 Å². The number of carbonyl (C=O) groups is 1. The van der Waals surface area contributed by atoms with E-state index in [1.54, 1.807) is 17.0 Å². The molecule has 7 heteroatoms. The highest BCUT2D eigenvalue weighted by molar-refractivity contribution is 9.10. The van der Waals surface area contributed by atoms with Crippen LogP contribution in [0, 0.1) is 0 Å². The Morgan fingerprint density at radius 3 is 2.89 bits per heavy atom. The topological polar surface area (TPSA) is 53.4 Å². The van der Waals surface area contributed by atoms with E-state index in [4.69, 9.17) is 21.1 Å². The molecular formula is C12H8BrClN2O3. The number of rotatable bonds is 3. The fraction of sp³-hybridized carbons (Fsp3) is 0.167. The number of aldehydes is 1. The van der Waals surface area contributed by atoms with Gasteiger partial charge in [0.2, 0.25) is 6.79 Å². The van der Waals surface area contributed by atoms with E-state index in [0.29, 0.717) is 33.4 Å². The molecule has 1 aromatic heterocycles. The summed E-state index contributed by atoms with van der Waals surface area (Å²) in [6, 6.07) is 3.53. The normalized spacial score (nSPS) is 12.7. The molecule has 1 aromatic carbocycles. The van der Waals surface area contributed by atoms with E-state index in [2.05, 4.69) is 20.9 Å². The van der Waals surface area contributed by atoms with Crippen molar-refractivity contribution < 1.29 is 14.3 Å². The Balaban J connectivity index is 1.97. The Bertz CT molecular complexity index is 657. The molecule has 0 unspecified atom stereocenters. The molecule has 5 nitrogen and oxygen atoms in total. The first-order valence-corrected chi connectivity index (χ1v) is 6.60. The molecule has 0 fully saturated rings. The van der Waals surface area contributed by atoms with E-state index >= 15 is 0 Å². The van der Waals surface area contributed by atoms with Crippen molar-refractivity contribution in [2.45, 2.75) is 6.54 Å². The lowest BCUT2D eigenvalue weighted by Crippen LogP contribution is -2.03. The van der Waals surface area contributed by atoms with Crippen LogP contribution in [-0.2, 0) is 6.54 Å². The summed E-state index contributed by atoms with van der Waals surface area (Å²) in [4.78, 5) is 15.0. The van der Waals surface area contributed by atoms with Gasteiger partial charge in [0.25, 0.3) is 0 Å². The molecule has 0 spiro atoms. The van der Waals surface area contributed by atoms with Crippen LogP contribution in [0.3, 0.4) is 0 Å². The van der Waals surface area contributed by atoms with Gasteiger partial charge in [0.1, 0.15) is 10.3 Å². The number of imidazole rings is 1. The molecular weight excluding hydrogens is 336 g/mol. The first kappa shape index (κ1) is 12.5. The largest absolute Gasteiger partial charge is 0.454 e. The van der Waals surface area contributed by atoms with Crippen molar-refractivity contribution in [1.82, 2.24) is 9.55 Å². The van der Waals surface area contributed by atoms with Gasteiger partial charge in [-0.1, -0.05) is 11.6 Å². The number of carbonyl (C=O) groups excluding carboxylic acids is 1. The lowest BCUT2D eigenvalue weighted by Gasteiger charge is -2.08. The average molecular weight is 344 g/mol. The summed E-state index contributed by atoms with van der Waals surface area (Å²) >= 11 is 9.41. The minimum absolute atomic E-state index is 0.200. The van der Waals surface area contributed by atoms with E-state index in [-0.39, 0.29) is 6.79 Å². The summed E-state index contributed by atoms with van der Waals surface area (Å²) in [5, 5.41) is 0.561. The van der Waals surface area contributed by atoms with Gasteiger partial charge in [-0.3, -0.25) is 4.79 Å². The predicted octanol–water partition coefficient (Wildman–Crippen LogP) is 2.89. The number of halogens is 2. The Morgan fingerprint density at radius 2 is 2.16 bits per heavy atom. The van der Waals surface area contributed by atoms with Crippen molar-refractivity contribution in [2.75, 3.05) is 6.79 Å². The van der Waals surface area contributed by atoms with Crippen LogP contribution < -0.4 is 9.47 Å². The minimum atomic E-state index is 0.200. The van der Waals surface area contributed by atoms with Gasteiger partial charge in [0.05, 0.1) is 12.9 Å². The molecule has 0 bridgehead atoms. The third-order valence-electron chi connectivity index (χ3n) is 2.83. The molecule has 2 heterocycles. The molecule has 0 radical (unpaired) electrons. The van der Waals surface area contributed by atoms with Gasteiger partial charge in [-0.05, 0) is 27.6 Å². The molecule has 0 amide bonds. The summed E-state index contributed by atoms with van der Waals surface area (Å²) in [5.74, 6) is 1.29. The van der Waals surface area contributed by atoms with Crippen molar-refractivity contribution in [1.29, 1.82) is 0 Å². The molecule has 1 aliphatic heterocycles. The van der Waals surface area contributed by atoms with E-state index in [1.807, 2.05) is 6.07 Å². The quantitative estimate of drug-likeness (QED) is 0.804. The van der Waals surface area contributed by atoms with Gasteiger partial charge < -0.3 is 14.0 Å². The molecule has 1 aliphatic rings. The molecule has 19 heavy (non-hydrogen) atoms. The van der Waals surface area contributed by atoms with Crippen LogP contribution in [0.25, 0.3) is 0 Å². The molecule has 0 saturated heterocycles. The van der Waals surface area contributed by atoms with Crippen LogP contribution in [0.15, 0.2) is 23.1 Å². The second kappa shape index (κ2) is 4.86. The van der Waals surface area contributed by atoms with Gasteiger partial charge in [0, 0.05) is 11.1 Å². The van der Waals surface area contributed by atoms with Crippen molar-refractivity contribution in [3.63, 3.8) is 0 Å². The Labute approximate surface area is 122 Å². The van der Waals surface area contributed by atoms with Gasteiger partial charge >= 0.3 is 0 Å². The third-order valence-corrected chi connectivity index (χ3v) is 3.79. The highest BCUT2D eigenvalue weighted by Crippen LogP contribution is 2.37. The maximum absolute atomic E-state index is 11.0. The standard InChI is InChI=1S/C12H8BrClN2O3/c13-12-9(4-17)16(5-15-12)3-7-1-10-11(2-8(7)14)19-6-18-10/h1-2,4-5H,3,6H2. The Kier molecular flexibility index (Phi) is 3.20. The molecule has 98 valence electrons. The summed E-state index contributed by atoms with van der Waals surface area (Å²) in [6.07, 6.45) is 2.33. The lowest BCUT2D eigenvalue weighted by molar-refractivity contribution is 0.111. The van der Waals surface area contributed by atoms with Crippen molar-refractivity contribution >= 4 is 33.8 Å². The van der Waals surface area contributed by atoms with Crippen LogP contribution in [0.4, 0.5) is 0 Å². The van der Waals surface area contributed by atoms with E-state index in [0.717, 1.165) is 11.8 Å². The lowest BCUT2D eigenvalue weighted by atomic mass is 10.2. The number of ether oxygens (including phenoxy) is 2. The highest BCUT2D eigenvalue weighted by atomic mass is 79.9. The zero-order valence-corrected chi connectivity index (χ0v) is 11.9. The number of hydrogen-bond donors (Lipinski definition) is 0. The summed E-state index contributed by atoms with van der Waals surface area (Å²) < 4.78 is 12.8. The number of nitrogens with zero attached hydrogens (tertiary/aromatic N) is 2. The second-order valence-corrected chi connectivity index (χ2v) is 5.12. The first-order chi connectivity index (χ1) is 9.19. The van der Waals surface area contributed by atoms with Crippen LogP contribution in [0.1, 0.15) is 16.1 Å². The third kappa shape index (κ3) is 2.21. The number of aromatic nitrogens is 2. The fourth-order valence-electron chi connectivity index (χ4n) is 1.87. The van der Waals surface area contributed by atoms with Crippen LogP contribution in [-0.4, -0.2) is 22.6 Å². The average Bonchev–Trinajstić information content (AvgIpc) is 2.96. The Hall–Kier alpha value is -1.53. The first-order valence-electron chi connectivity index (χ1n) is 5.43. The summed E-state index contributed by atoms with van der Waals surface area (Å²) in [7, 11) is 0. The maximum Gasteiger partial charge on any atom is 0.231 e. The summed E-state index contributed by atoms with van der Waals surface area (Å²) in [5.41, 5.74) is 1.30. The SMILES string of the molecule is O=Cc1c(Br)ncn1Cc1cc2c(cc1Cl)OCO2. The fourth-order valence-corrected chi connectivity index (χ4v) is 2.50. The number of fused-ring (bicyclic) bond motifs is 1. The summed E-state index contributed by atoms with van der Waals surface area (Å²) in [6.45, 7) is 0.632. The van der Waals surface area contributed by atoms with E-state index in [9.17, 15) is 4.79 Å². The van der Waals surface area contributed by atoms with Crippen molar-refractivity contribution in [3.05, 3.63) is 39.3 Å². The van der Waals surface area contributed by atoms with Crippen LogP contribution in [0.5, 0.6) is 11.5 Å². The second-order valence-electron chi connectivity index (χ2n) is 3.96. The van der Waals surface area contributed by atoms with E-state index in [1.165, 1.54) is 0 Å². The zero-order chi connectivity index (χ0) is 13.4. The van der Waals surface area contributed by atoms with Gasteiger partial charge in [0.15, 0.2) is 17.8 Å². The predicted molar refractivity (Wildman–Crippen MR) is 72.0 cm³/mol. The van der Waals surface area contributed by atoms with Gasteiger partial charge in [-0.25, -0.2) is 4.98 Å². The maximum atomic E-state index is 11.0. The monoisotopic (exact) mass is 342 g/mol. The molecule has 0 N–H and O–H groups in total. The smallest absolute Gasteiger partial charge is 0.231 e. The molecule has 0 aliphatic carbocycles. The van der Waals surface area contributed by atoms with Crippen molar-refractivity contribution in [2.24, 2.45) is 0 Å². The molecule has 2 aromatic rings. The minimum Gasteiger partial charge on any atom is -0.454 e. The van der Waals surface area contributed by atoms with Crippen molar-refractivity contribution in [3.8, 4) is 11.5 Å². The van der Waals surface area contributed by atoms with Crippen LogP contribution in [0.2, 0.25) is 5.02 Å². The number of hydrogen-bond acceptors (Lipinski definition) is 4. The molecule has 0 saturated carbocycles.